The lowest BCUT2D eigenvalue weighted by atomic mass is 10.0. The largest absolute Gasteiger partial charge is 0.497 e. The van der Waals surface area contributed by atoms with E-state index in [1.165, 1.54) is 0 Å². The van der Waals surface area contributed by atoms with Crippen LogP contribution in [0.25, 0.3) is 0 Å². The quantitative estimate of drug-likeness (QED) is 0.777. The first-order chi connectivity index (χ1) is 8.48. The highest BCUT2D eigenvalue weighted by Crippen LogP contribution is 2.17. The lowest BCUT2D eigenvalue weighted by Gasteiger charge is -2.27. The van der Waals surface area contributed by atoms with Gasteiger partial charge in [0.15, 0.2) is 0 Å². The maximum atomic E-state index is 10.1. The molecule has 4 heteroatoms. The number of benzene rings is 1. The maximum Gasteiger partial charge on any atom is 0.118 e. The lowest BCUT2D eigenvalue weighted by Crippen LogP contribution is -2.45. The Morgan fingerprint density at radius 2 is 1.83 bits per heavy atom. The Bertz CT molecular complexity index is 349. The van der Waals surface area contributed by atoms with Crippen molar-refractivity contribution < 1.29 is 14.6 Å². The molecule has 1 unspecified atom stereocenters. The van der Waals surface area contributed by atoms with Crippen molar-refractivity contribution in [3.05, 3.63) is 29.8 Å². The van der Waals surface area contributed by atoms with Crippen LogP contribution in [-0.2, 0) is 4.74 Å². The van der Waals surface area contributed by atoms with Crippen molar-refractivity contribution in [2.45, 2.75) is 25.5 Å². The van der Waals surface area contributed by atoms with Gasteiger partial charge in [-0.15, -0.1) is 0 Å². The second kappa shape index (κ2) is 6.73. The number of aliphatic hydroxyl groups is 1. The molecule has 18 heavy (non-hydrogen) atoms. The summed E-state index contributed by atoms with van der Waals surface area (Å²) in [7, 11) is 3.30. The molecule has 1 rings (SSSR count). The van der Waals surface area contributed by atoms with Crippen molar-refractivity contribution >= 4 is 0 Å². The number of ether oxygens (including phenoxy) is 2. The van der Waals surface area contributed by atoms with Gasteiger partial charge in [-0.2, -0.15) is 0 Å². The SMILES string of the molecule is COCC(C)(C)NCC(O)c1ccc(OC)cc1. The monoisotopic (exact) mass is 253 g/mol. The molecule has 1 aromatic carbocycles. The molecule has 0 aromatic heterocycles. The van der Waals surface area contributed by atoms with E-state index in [9.17, 15) is 5.11 Å². The summed E-state index contributed by atoms with van der Waals surface area (Å²) in [5.74, 6) is 0.790. The van der Waals surface area contributed by atoms with Crippen LogP contribution in [0.1, 0.15) is 25.5 Å². The molecule has 0 aliphatic heterocycles. The molecule has 0 bridgehead atoms. The van der Waals surface area contributed by atoms with Gasteiger partial charge in [0.2, 0.25) is 0 Å². The molecule has 0 spiro atoms. The predicted octanol–water partition coefficient (Wildman–Crippen LogP) is 1.74. The zero-order chi connectivity index (χ0) is 13.6. The van der Waals surface area contributed by atoms with Gasteiger partial charge in [0.25, 0.3) is 0 Å². The molecule has 0 fully saturated rings. The second-order valence-corrected chi connectivity index (χ2v) is 4.99. The highest BCUT2D eigenvalue weighted by Gasteiger charge is 2.18. The molecule has 102 valence electrons. The third-order valence-corrected chi connectivity index (χ3v) is 2.78. The zero-order valence-corrected chi connectivity index (χ0v) is 11.6. The number of nitrogens with one attached hydrogen (secondary N) is 1. The molecular formula is C14H23NO3. The van der Waals surface area contributed by atoms with E-state index < -0.39 is 6.10 Å². The van der Waals surface area contributed by atoms with Crippen molar-refractivity contribution in [2.75, 3.05) is 27.4 Å². The molecule has 1 aromatic rings. The zero-order valence-electron chi connectivity index (χ0n) is 11.6. The van der Waals surface area contributed by atoms with E-state index in [-0.39, 0.29) is 5.54 Å². The summed E-state index contributed by atoms with van der Waals surface area (Å²) in [5.41, 5.74) is 0.721. The van der Waals surface area contributed by atoms with Gasteiger partial charge in [0.05, 0.1) is 19.8 Å². The Balaban J connectivity index is 2.51. The number of methoxy groups -OCH3 is 2. The van der Waals surface area contributed by atoms with E-state index in [1.54, 1.807) is 14.2 Å². The van der Waals surface area contributed by atoms with Crippen LogP contribution in [0.2, 0.25) is 0 Å². The van der Waals surface area contributed by atoms with Gasteiger partial charge in [-0.05, 0) is 31.5 Å². The fraction of sp³-hybridized carbons (Fsp3) is 0.571. The average Bonchev–Trinajstić information content (AvgIpc) is 2.36. The molecule has 0 amide bonds. The smallest absolute Gasteiger partial charge is 0.118 e. The summed E-state index contributed by atoms with van der Waals surface area (Å²) in [6.45, 7) is 5.17. The number of hydrogen-bond donors (Lipinski definition) is 2. The molecule has 0 radical (unpaired) electrons. The number of aliphatic hydroxyl groups excluding tert-OH is 1. The lowest BCUT2D eigenvalue weighted by molar-refractivity contribution is 0.107. The molecule has 0 saturated carbocycles. The Morgan fingerprint density at radius 3 is 2.33 bits per heavy atom. The number of rotatable bonds is 7. The number of β-amino-alcohol motifs (C(OH)–C–C–N with tert-alkyl or cyclic N) is 1. The van der Waals surface area contributed by atoms with E-state index in [1.807, 2.05) is 38.1 Å². The molecule has 1 atom stereocenters. The van der Waals surface area contributed by atoms with Gasteiger partial charge >= 0.3 is 0 Å². The van der Waals surface area contributed by atoms with Crippen LogP contribution in [-0.4, -0.2) is 38.0 Å². The Labute approximate surface area is 109 Å². The molecule has 4 nitrogen and oxygen atoms in total. The minimum Gasteiger partial charge on any atom is -0.497 e. The molecule has 0 heterocycles. The van der Waals surface area contributed by atoms with Gasteiger partial charge in [0.1, 0.15) is 5.75 Å². The van der Waals surface area contributed by atoms with E-state index in [0.717, 1.165) is 11.3 Å². The van der Waals surface area contributed by atoms with E-state index >= 15 is 0 Å². The number of hydrogen-bond acceptors (Lipinski definition) is 4. The van der Waals surface area contributed by atoms with Crippen LogP contribution in [0, 0.1) is 0 Å². The second-order valence-electron chi connectivity index (χ2n) is 4.99. The maximum absolute atomic E-state index is 10.1. The minimum atomic E-state index is -0.535. The van der Waals surface area contributed by atoms with Gasteiger partial charge in [0, 0.05) is 19.2 Å². The summed E-state index contributed by atoms with van der Waals surface area (Å²) in [6, 6.07) is 7.43. The summed E-state index contributed by atoms with van der Waals surface area (Å²) in [6.07, 6.45) is -0.535. The van der Waals surface area contributed by atoms with Crippen molar-refractivity contribution in [1.82, 2.24) is 5.32 Å². The van der Waals surface area contributed by atoms with Crippen LogP contribution < -0.4 is 10.1 Å². The van der Waals surface area contributed by atoms with Crippen LogP contribution in [0.3, 0.4) is 0 Å². The molecule has 0 aliphatic rings. The van der Waals surface area contributed by atoms with Crippen LogP contribution in [0.15, 0.2) is 24.3 Å². The first-order valence-corrected chi connectivity index (χ1v) is 6.04. The summed E-state index contributed by atoms with van der Waals surface area (Å²) in [4.78, 5) is 0. The first kappa shape index (κ1) is 15.0. The summed E-state index contributed by atoms with van der Waals surface area (Å²) in [5, 5.41) is 13.4. The molecule has 0 aliphatic carbocycles. The van der Waals surface area contributed by atoms with Gasteiger partial charge in [-0.3, -0.25) is 0 Å². The molecule has 2 N–H and O–H groups in total. The Morgan fingerprint density at radius 1 is 1.22 bits per heavy atom. The van der Waals surface area contributed by atoms with Crippen LogP contribution in [0.5, 0.6) is 5.75 Å². The first-order valence-electron chi connectivity index (χ1n) is 6.04. The van der Waals surface area contributed by atoms with Gasteiger partial charge in [-0.1, -0.05) is 12.1 Å². The van der Waals surface area contributed by atoms with E-state index in [0.29, 0.717) is 13.2 Å². The highest BCUT2D eigenvalue weighted by atomic mass is 16.5. The fourth-order valence-corrected chi connectivity index (χ4v) is 1.73. The third-order valence-electron chi connectivity index (χ3n) is 2.78. The van der Waals surface area contributed by atoms with Crippen molar-refractivity contribution in [1.29, 1.82) is 0 Å². The highest BCUT2D eigenvalue weighted by molar-refractivity contribution is 5.28. The van der Waals surface area contributed by atoms with Gasteiger partial charge < -0.3 is 19.9 Å². The van der Waals surface area contributed by atoms with Crippen LogP contribution >= 0.6 is 0 Å². The third kappa shape index (κ3) is 4.64. The summed E-state index contributed by atoms with van der Waals surface area (Å²) >= 11 is 0. The van der Waals surface area contributed by atoms with Crippen molar-refractivity contribution in [2.24, 2.45) is 0 Å². The Hall–Kier alpha value is -1.10. The van der Waals surface area contributed by atoms with Crippen LogP contribution in [0.4, 0.5) is 0 Å². The fourth-order valence-electron chi connectivity index (χ4n) is 1.73. The minimum absolute atomic E-state index is 0.151. The average molecular weight is 253 g/mol. The van der Waals surface area contributed by atoms with Crippen molar-refractivity contribution in [3.63, 3.8) is 0 Å². The van der Waals surface area contributed by atoms with Crippen molar-refractivity contribution in [3.8, 4) is 5.75 Å². The standard InChI is InChI=1S/C14H23NO3/c1-14(2,10-17-3)15-9-13(16)11-5-7-12(18-4)8-6-11/h5-8,13,15-16H,9-10H2,1-4H3. The topological polar surface area (TPSA) is 50.7 Å². The summed E-state index contributed by atoms with van der Waals surface area (Å²) < 4.78 is 10.2. The predicted molar refractivity (Wildman–Crippen MR) is 71.9 cm³/mol. The molecule has 0 saturated heterocycles. The normalized spacial score (nSPS) is 13.4. The van der Waals surface area contributed by atoms with Gasteiger partial charge in [-0.25, -0.2) is 0 Å². The van der Waals surface area contributed by atoms with E-state index in [2.05, 4.69) is 5.32 Å². The van der Waals surface area contributed by atoms with E-state index in [4.69, 9.17) is 9.47 Å². The Kier molecular flexibility index (Phi) is 5.59. The molecular weight excluding hydrogens is 230 g/mol.